The molecule has 0 aromatic rings. The van der Waals surface area contributed by atoms with Gasteiger partial charge in [-0.3, -0.25) is 9.59 Å². The molecule has 0 fully saturated rings. The number of rotatable bonds is 6. The molecule has 0 spiro atoms. The second-order valence-electron chi connectivity index (χ2n) is 5.14. The van der Waals surface area contributed by atoms with Crippen LogP contribution in [0.3, 0.4) is 0 Å². The first-order valence-electron chi connectivity index (χ1n) is 6.87. The fraction of sp³-hybridized carbons (Fsp3) is 0.857. The molecule has 0 saturated heterocycles. The molecule has 0 atom stereocenters. The van der Waals surface area contributed by atoms with Crippen LogP contribution in [0, 0.1) is 11.8 Å². The lowest BCUT2D eigenvalue weighted by molar-refractivity contribution is -0.136. The third kappa shape index (κ3) is 15.2. The first-order chi connectivity index (χ1) is 8.74. The zero-order chi connectivity index (χ0) is 15.4. The Morgan fingerprint density at radius 3 is 1.63 bits per heavy atom. The Morgan fingerprint density at radius 1 is 1.05 bits per heavy atom. The smallest absolute Gasteiger partial charge is 0.303 e. The Balaban J connectivity index is 0. The third-order valence-electron chi connectivity index (χ3n) is 2.00. The molecule has 1 amide bonds. The number of thioether (sulfide) groups is 1. The molecular formula is C14H29NO3S. The number of hydrogen-bond donors (Lipinski definition) is 1. The van der Waals surface area contributed by atoms with Crippen LogP contribution in [0.15, 0.2) is 0 Å². The quantitative estimate of drug-likeness (QED) is 0.805. The van der Waals surface area contributed by atoms with E-state index in [1.807, 2.05) is 11.8 Å². The molecule has 1 N–H and O–H groups in total. The summed E-state index contributed by atoms with van der Waals surface area (Å²) in [6, 6.07) is 0. The van der Waals surface area contributed by atoms with Crippen LogP contribution < -0.4 is 0 Å². The number of carboxylic acids is 1. The molecule has 0 aliphatic rings. The highest BCUT2D eigenvalue weighted by Crippen LogP contribution is 2.12. The number of carbonyl (C=O) groups is 2. The van der Waals surface area contributed by atoms with Gasteiger partial charge in [-0.25, -0.2) is 0 Å². The van der Waals surface area contributed by atoms with Crippen LogP contribution in [-0.4, -0.2) is 40.1 Å². The number of hydrogen-bond acceptors (Lipinski definition) is 3. The lowest BCUT2D eigenvalue weighted by Crippen LogP contribution is -2.34. The summed E-state index contributed by atoms with van der Waals surface area (Å²) in [7, 11) is 0. The number of nitrogens with zero attached hydrogens (tertiary/aromatic N) is 1. The van der Waals surface area contributed by atoms with Crippen LogP contribution in [0.2, 0.25) is 0 Å². The molecule has 0 aliphatic carbocycles. The second kappa shape index (κ2) is 12.3. The molecule has 0 radical (unpaired) electrons. The highest BCUT2D eigenvalue weighted by atomic mass is 32.2. The van der Waals surface area contributed by atoms with Crippen molar-refractivity contribution in [3.8, 4) is 0 Å². The van der Waals surface area contributed by atoms with E-state index in [2.05, 4.69) is 27.7 Å². The zero-order valence-electron chi connectivity index (χ0n) is 13.1. The van der Waals surface area contributed by atoms with Gasteiger partial charge in [-0.05, 0) is 17.6 Å². The Morgan fingerprint density at radius 2 is 1.42 bits per heavy atom. The maximum absolute atomic E-state index is 11.7. The Hall–Kier alpha value is -0.710. The monoisotopic (exact) mass is 291 g/mol. The van der Waals surface area contributed by atoms with Gasteiger partial charge in [-0.15, -0.1) is 0 Å². The standard InChI is InChI=1S/C11H23NOS.C3H6O2/c1-6-14-11(13)12(7-9(2)3)8-10(4)5;1-2-3(4)5/h9-10H,6-8H2,1-5H3;2H2,1H3,(H,4,5). The van der Waals surface area contributed by atoms with Gasteiger partial charge in [0, 0.05) is 19.5 Å². The van der Waals surface area contributed by atoms with Crippen LogP contribution in [0.5, 0.6) is 0 Å². The van der Waals surface area contributed by atoms with Crippen LogP contribution >= 0.6 is 11.8 Å². The van der Waals surface area contributed by atoms with E-state index in [-0.39, 0.29) is 11.7 Å². The van der Waals surface area contributed by atoms with Crippen molar-refractivity contribution in [2.75, 3.05) is 18.8 Å². The molecule has 0 aromatic heterocycles. The first-order valence-corrected chi connectivity index (χ1v) is 7.86. The molecule has 19 heavy (non-hydrogen) atoms. The van der Waals surface area contributed by atoms with Crippen molar-refractivity contribution >= 4 is 23.0 Å². The molecule has 0 aliphatic heterocycles. The molecule has 114 valence electrons. The molecule has 0 heterocycles. The average molecular weight is 291 g/mol. The number of carbonyl (C=O) groups excluding carboxylic acids is 1. The van der Waals surface area contributed by atoms with Gasteiger partial charge in [-0.1, -0.05) is 53.3 Å². The van der Waals surface area contributed by atoms with Crippen LogP contribution in [-0.2, 0) is 4.79 Å². The summed E-state index contributed by atoms with van der Waals surface area (Å²) >= 11 is 1.41. The zero-order valence-corrected chi connectivity index (χ0v) is 13.9. The summed E-state index contributed by atoms with van der Waals surface area (Å²) in [5, 5.41) is 7.95. The van der Waals surface area contributed by atoms with E-state index in [0.717, 1.165) is 18.8 Å². The predicted molar refractivity (Wildman–Crippen MR) is 82.7 cm³/mol. The van der Waals surface area contributed by atoms with Gasteiger partial charge >= 0.3 is 5.97 Å². The Kier molecular flexibility index (Phi) is 13.4. The molecule has 0 unspecified atom stereocenters. The Labute approximate surface area is 121 Å². The van der Waals surface area contributed by atoms with Crippen molar-refractivity contribution in [3.63, 3.8) is 0 Å². The van der Waals surface area contributed by atoms with Crippen molar-refractivity contribution < 1.29 is 14.7 Å². The number of amides is 1. The van der Waals surface area contributed by atoms with Gasteiger partial charge in [0.25, 0.3) is 5.24 Å². The Bertz CT molecular complexity index is 245. The van der Waals surface area contributed by atoms with Gasteiger partial charge in [0.05, 0.1) is 0 Å². The minimum absolute atomic E-state index is 0.222. The largest absolute Gasteiger partial charge is 0.481 e. The normalized spacial score (nSPS) is 10.1. The van der Waals surface area contributed by atoms with Gasteiger partial charge in [0.1, 0.15) is 0 Å². The highest BCUT2D eigenvalue weighted by Gasteiger charge is 2.15. The van der Waals surface area contributed by atoms with Crippen LogP contribution in [0.4, 0.5) is 4.79 Å². The summed E-state index contributed by atoms with van der Waals surface area (Å²) in [6.07, 6.45) is 0.222. The molecule has 0 saturated carbocycles. The summed E-state index contributed by atoms with van der Waals surface area (Å²) in [5.41, 5.74) is 0. The van der Waals surface area contributed by atoms with Gasteiger partial charge in [-0.2, -0.15) is 0 Å². The van der Waals surface area contributed by atoms with Crippen molar-refractivity contribution in [1.29, 1.82) is 0 Å². The van der Waals surface area contributed by atoms with E-state index >= 15 is 0 Å². The van der Waals surface area contributed by atoms with E-state index in [1.54, 1.807) is 6.92 Å². The summed E-state index contributed by atoms with van der Waals surface area (Å²) < 4.78 is 0. The number of carboxylic acid groups (broad SMARTS) is 1. The van der Waals surface area contributed by atoms with E-state index in [4.69, 9.17) is 5.11 Å². The number of aliphatic carboxylic acids is 1. The third-order valence-corrected chi connectivity index (χ3v) is 2.79. The van der Waals surface area contributed by atoms with Crippen molar-refractivity contribution in [1.82, 2.24) is 4.90 Å². The van der Waals surface area contributed by atoms with E-state index in [0.29, 0.717) is 11.8 Å². The van der Waals surface area contributed by atoms with Crippen molar-refractivity contribution in [2.45, 2.75) is 48.0 Å². The van der Waals surface area contributed by atoms with Gasteiger partial charge < -0.3 is 10.0 Å². The summed E-state index contributed by atoms with van der Waals surface area (Å²) in [5.74, 6) is 1.22. The molecule has 0 aromatic carbocycles. The lowest BCUT2D eigenvalue weighted by atomic mass is 10.1. The van der Waals surface area contributed by atoms with Crippen LogP contribution in [0.1, 0.15) is 48.0 Å². The molecule has 5 heteroatoms. The van der Waals surface area contributed by atoms with E-state index < -0.39 is 5.97 Å². The van der Waals surface area contributed by atoms with Crippen molar-refractivity contribution in [3.05, 3.63) is 0 Å². The second-order valence-corrected chi connectivity index (χ2v) is 6.35. The van der Waals surface area contributed by atoms with Crippen LogP contribution in [0.25, 0.3) is 0 Å². The molecule has 0 bridgehead atoms. The van der Waals surface area contributed by atoms with Crippen molar-refractivity contribution in [2.24, 2.45) is 11.8 Å². The molecular weight excluding hydrogens is 262 g/mol. The minimum Gasteiger partial charge on any atom is -0.481 e. The maximum Gasteiger partial charge on any atom is 0.303 e. The summed E-state index contributed by atoms with van der Waals surface area (Å²) in [6.45, 7) is 14.0. The van der Waals surface area contributed by atoms with Gasteiger partial charge in [0.2, 0.25) is 0 Å². The minimum atomic E-state index is -0.745. The summed E-state index contributed by atoms with van der Waals surface area (Å²) in [4.78, 5) is 23.0. The maximum atomic E-state index is 11.7. The SMILES string of the molecule is CCC(=O)O.CCSC(=O)N(CC(C)C)CC(C)C. The molecule has 0 rings (SSSR count). The molecule has 4 nitrogen and oxygen atoms in total. The average Bonchev–Trinajstić information content (AvgIpc) is 2.28. The fourth-order valence-corrected chi connectivity index (χ4v) is 1.90. The topological polar surface area (TPSA) is 57.6 Å². The van der Waals surface area contributed by atoms with E-state index in [1.165, 1.54) is 11.8 Å². The lowest BCUT2D eigenvalue weighted by Gasteiger charge is -2.25. The van der Waals surface area contributed by atoms with Gasteiger partial charge in [0.15, 0.2) is 0 Å². The predicted octanol–water partition coefficient (Wildman–Crippen LogP) is 3.95. The highest BCUT2D eigenvalue weighted by molar-refractivity contribution is 8.13. The first kappa shape index (κ1) is 20.6. The van der Waals surface area contributed by atoms with E-state index in [9.17, 15) is 9.59 Å². The fourth-order valence-electron chi connectivity index (χ4n) is 1.32.